The fraction of sp³-hybridized carbons (Fsp3) is 0.364. The van der Waals surface area contributed by atoms with Crippen molar-refractivity contribution in [1.29, 1.82) is 5.26 Å². The summed E-state index contributed by atoms with van der Waals surface area (Å²) >= 11 is 0. The lowest BCUT2D eigenvalue weighted by Crippen LogP contribution is -2.08. The van der Waals surface area contributed by atoms with Crippen molar-refractivity contribution in [3.8, 4) is 11.8 Å². The Balaban J connectivity index is 2.82. The van der Waals surface area contributed by atoms with Crippen LogP contribution in [0.25, 0.3) is 0 Å². The van der Waals surface area contributed by atoms with Gasteiger partial charge < -0.3 is 4.74 Å². The molecule has 3 heteroatoms. The largest absolute Gasteiger partial charge is 0.492 e. The lowest BCUT2D eigenvalue weighted by molar-refractivity contribution is 0.270. The average molecular weight is 187 g/mol. The summed E-state index contributed by atoms with van der Waals surface area (Å²) in [5.41, 5.74) is 1.70. The number of hydrogen-bond donors (Lipinski definition) is 0. The van der Waals surface area contributed by atoms with Crippen LogP contribution in [0.1, 0.15) is 19.4 Å². The van der Waals surface area contributed by atoms with E-state index >= 15 is 0 Å². The first kappa shape index (κ1) is 10.7. The molecule has 0 N–H and O–H groups in total. The van der Waals surface area contributed by atoms with Gasteiger partial charge in [0.2, 0.25) is 0 Å². The van der Waals surface area contributed by atoms with Crippen molar-refractivity contribution in [3.63, 3.8) is 0 Å². The van der Waals surface area contributed by atoms with Crippen LogP contribution in [0.4, 0.5) is 0 Å². The average Bonchev–Trinajstić information content (AvgIpc) is 2.15. The summed E-state index contributed by atoms with van der Waals surface area (Å²) in [6.07, 6.45) is 0. The van der Waals surface area contributed by atoms with E-state index in [2.05, 4.69) is 19.9 Å². The standard InChI is InChI=1S/C11H14BNO/c1-8(2)7-14-11-4-3-10(12)5-9(11)6-13/h3-5,8H,7,12H2,1-2H3. The Hall–Kier alpha value is -1.43. The molecule has 0 aliphatic heterocycles. The molecular formula is C11H14BNO. The van der Waals surface area contributed by atoms with Crippen LogP contribution >= 0.6 is 0 Å². The van der Waals surface area contributed by atoms with E-state index in [1.165, 1.54) is 0 Å². The summed E-state index contributed by atoms with van der Waals surface area (Å²) in [6.45, 7) is 4.82. The fourth-order valence-corrected chi connectivity index (χ4v) is 1.11. The molecule has 1 aromatic carbocycles. The first-order valence-corrected chi connectivity index (χ1v) is 4.77. The van der Waals surface area contributed by atoms with Crippen LogP contribution in [-0.2, 0) is 0 Å². The molecule has 0 aromatic heterocycles. The van der Waals surface area contributed by atoms with Gasteiger partial charge >= 0.3 is 0 Å². The Kier molecular flexibility index (Phi) is 3.59. The van der Waals surface area contributed by atoms with Gasteiger partial charge in [-0.1, -0.05) is 25.4 Å². The number of ether oxygens (including phenoxy) is 1. The molecule has 0 atom stereocenters. The number of nitrogens with zero attached hydrogens (tertiary/aromatic N) is 1. The quantitative estimate of drug-likeness (QED) is 0.657. The molecule has 1 aromatic rings. The Morgan fingerprint density at radius 1 is 1.50 bits per heavy atom. The van der Waals surface area contributed by atoms with E-state index in [0.29, 0.717) is 23.8 Å². The van der Waals surface area contributed by atoms with Gasteiger partial charge in [0.05, 0.1) is 12.2 Å². The summed E-state index contributed by atoms with van der Waals surface area (Å²) in [7, 11) is 1.97. The molecule has 0 saturated heterocycles. The Labute approximate surface area is 85.9 Å². The topological polar surface area (TPSA) is 33.0 Å². The molecule has 0 unspecified atom stereocenters. The van der Waals surface area contributed by atoms with Crippen LogP contribution in [0.2, 0.25) is 0 Å². The fourth-order valence-electron chi connectivity index (χ4n) is 1.11. The third-order valence-corrected chi connectivity index (χ3v) is 1.83. The van der Waals surface area contributed by atoms with Crippen LogP contribution in [0.3, 0.4) is 0 Å². The first-order chi connectivity index (χ1) is 6.63. The van der Waals surface area contributed by atoms with Crippen molar-refractivity contribution in [2.24, 2.45) is 5.92 Å². The van der Waals surface area contributed by atoms with Crippen molar-refractivity contribution in [2.45, 2.75) is 13.8 Å². The van der Waals surface area contributed by atoms with Gasteiger partial charge in [-0.2, -0.15) is 5.26 Å². The van der Waals surface area contributed by atoms with Crippen LogP contribution in [0.5, 0.6) is 5.75 Å². The highest BCUT2D eigenvalue weighted by Gasteiger charge is 2.03. The van der Waals surface area contributed by atoms with Crippen molar-refractivity contribution >= 4 is 13.3 Å². The van der Waals surface area contributed by atoms with E-state index in [4.69, 9.17) is 10.00 Å². The van der Waals surface area contributed by atoms with Gasteiger partial charge in [-0.25, -0.2) is 0 Å². The van der Waals surface area contributed by atoms with E-state index in [1.807, 2.05) is 26.0 Å². The third-order valence-electron chi connectivity index (χ3n) is 1.83. The van der Waals surface area contributed by atoms with Crippen molar-refractivity contribution in [2.75, 3.05) is 6.61 Å². The molecule has 0 fully saturated rings. The zero-order chi connectivity index (χ0) is 10.6. The van der Waals surface area contributed by atoms with E-state index in [0.717, 1.165) is 5.46 Å². The van der Waals surface area contributed by atoms with E-state index in [9.17, 15) is 0 Å². The number of rotatable bonds is 3. The Morgan fingerprint density at radius 3 is 2.79 bits per heavy atom. The molecule has 0 radical (unpaired) electrons. The highest BCUT2D eigenvalue weighted by Crippen LogP contribution is 2.16. The van der Waals surface area contributed by atoms with Gasteiger partial charge in [0.1, 0.15) is 19.7 Å². The van der Waals surface area contributed by atoms with Gasteiger partial charge in [-0.3, -0.25) is 0 Å². The molecular weight excluding hydrogens is 173 g/mol. The van der Waals surface area contributed by atoms with Gasteiger partial charge in [0, 0.05) is 0 Å². The zero-order valence-corrected chi connectivity index (χ0v) is 8.87. The molecule has 72 valence electrons. The van der Waals surface area contributed by atoms with Gasteiger partial charge in [-0.05, 0) is 18.1 Å². The molecule has 14 heavy (non-hydrogen) atoms. The van der Waals surface area contributed by atoms with Crippen molar-refractivity contribution in [1.82, 2.24) is 0 Å². The van der Waals surface area contributed by atoms with E-state index in [-0.39, 0.29) is 0 Å². The number of hydrogen-bond acceptors (Lipinski definition) is 2. The smallest absolute Gasteiger partial charge is 0.139 e. The summed E-state index contributed by atoms with van der Waals surface area (Å²) in [6, 6.07) is 7.79. The second-order valence-electron chi connectivity index (χ2n) is 3.82. The van der Waals surface area contributed by atoms with Crippen molar-refractivity contribution < 1.29 is 4.74 Å². The minimum atomic E-state index is 0.475. The predicted molar refractivity (Wildman–Crippen MR) is 59.7 cm³/mol. The van der Waals surface area contributed by atoms with Crippen LogP contribution in [0.15, 0.2) is 18.2 Å². The van der Waals surface area contributed by atoms with Gasteiger partial charge in [-0.15, -0.1) is 0 Å². The minimum Gasteiger partial charge on any atom is -0.492 e. The van der Waals surface area contributed by atoms with Crippen LogP contribution in [0, 0.1) is 17.2 Å². The summed E-state index contributed by atoms with van der Waals surface area (Å²) in [4.78, 5) is 0. The van der Waals surface area contributed by atoms with Crippen molar-refractivity contribution in [3.05, 3.63) is 23.8 Å². The Morgan fingerprint density at radius 2 is 2.21 bits per heavy atom. The second kappa shape index (κ2) is 4.71. The maximum atomic E-state index is 8.88. The number of benzene rings is 1. The molecule has 0 aliphatic rings. The maximum absolute atomic E-state index is 8.88. The lowest BCUT2D eigenvalue weighted by atomic mass is 9.94. The molecule has 0 spiro atoms. The molecule has 0 bridgehead atoms. The van der Waals surface area contributed by atoms with Gasteiger partial charge in [0.25, 0.3) is 0 Å². The molecule has 1 rings (SSSR count). The SMILES string of the molecule is Bc1ccc(OCC(C)C)c(C#N)c1. The summed E-state index contributed by atoms with van der Waals surface area (Å²) in [5, 5.41) is 8.88. The predicted octanol–water partition coefficient (Wildman–Crippen LogP) is 0.851. The van der Waals surface area contributed by atoms with Crippen LogP contribution in [-0.4, -0.2) is 14.5 Å². The summed E-state index contributed by atoms with van der Waals surface area (Å²) in [5.74, 6) is 1.16. The maximum Gasteiger partial charge on any atom is 0.139 e. The van der Waals surface area contributed by atoms with E-state index < -0.39 is 0 Å². The Bertz CT molecular complexity index is 355. The van der Waals surface area contributed by atoms with Crippen LogP contribution < -0.4 is 10.2 Å². The monoisotopic (exact) mass is 187 g/mol. The second-order valence-corrected chi connectivity index (χ2v) is 3.82. The molecule has 2 nitrogen and oxygen atoms in total. The number of nitriles is 1. The normalized spacial score (nSPS) is 9.86. The lowest BCUT2D eigenvalue weighted by Gasteiger charge is -2.10. The highest BCUT2D eigenvalue weighted by atomic mass is 16.5. The molecule has 0 aliphatic carbocycles. The summed E-state index contributed by atoms with van der Waals surface area (Å²) < 4.78 is 5.52. The molecule has 0 saturated carbocycles. The zero-order valence-electron chi connectivity index (χ0n) is 8.87. The minimum absolute atomic E-state index is 0.475. The molecule has 0 amide bonds. The molecule has 0 heterocycles. The first-order valence-electron chi connectivity index (χ1n) is 4.77. The third kappa shape index (κ3) is 2.81. The van der Waals surface area contributed by atoms with E-state index in [1.54, 1.807) is 0 Å². The van der Waals surface area contributed by atoms with Gasteiger partial charge in [0.15, 0.2) is 0 Å². The highest BCUT2D eigenvalue weighted by molar-refractivity contribution is 6.32.